The molecule has 0 radical (unpaired) electrons. The molecule has 0 aliphatic rings. The standard InChI is InChI=1S/C13H13BrClNS/c14-12-8-10(3-4-13(12)15)9-16-6-5-11-2-1-7-17-11/h1-4,7-8,16H,5-6,9H2. The van der Waals surface area contributed by atoms with Crippen molar-refractivity contribution in [2.24, 2.45) is 0 Å². The molecule has 1 heterocycles. The maximum Gasteiger partial charge on any atom is 0.0548 e. The van der Waals surface area contributed by atoms with E-state index in [1.54, 1.807) is 0 Å². The number of rotatable bonds is 5. The Kier molecular flexibility index (Phi) is 5.04. The van der Waals surface area contributed by atoms with Crippen LogP contribution in [0.3, 0.4) is 0 Å². The molecule has 0 saturated heterocycles. The molecule has 4 heteroatoms. The Morgan fingerprint density at radius 1 is 1.29 bits per heavy atom. The van der Waals surface area contributed by atoms with Gasteiger partial charge in [-0.1, -0.05) is 23.7 Å². The monoisotopic (exact) mass is 329 g/mol. The Labute approximate surface area is 119 Å². The van der Waals surface area contributed by atoms with Crippen molar-refractivity contribution in [1.29, 1.82) is 0 Å². The maximum atomic E-state index is 5.94. The molecule has 0 aliphatic heterocycles. The van der Waals surface area contributed by atoms with Gasteiger partial charge in [-0.05, 0) is 51.5 Å². The first-order valence-electron chi connectivity index (χ1n) is 5.43. The van der Waals surface area contributed by atoms with Gasteiger partial charge >= 0.3 is 0 Å². The lowest BCUT2D eigenvalue weighted by molar-refractivity contribution is 0.690. The molecule has 0 unspecified atom stereocenters. The topological polar surface area (TPSA) is 12.0 Å². The van der Waals surface area contributed by atoms with Crippen molar-refractivity contribution in [2.45, 2.75) is 13.0 Å². The van der Waals surface area contributed by atoms with E-state index in [1.165, 1.54) is 10.4 Å². The Morgan fingerprint density at radius 3 is 2.88 bits per heavy atom. The molecule has 0 amide bonds. The largest absolute Gasteiger partial charge is 0.312 e. The van der Waals surface area contributed by atoms with Gasteiger partial charge in [0.15, 0.2) is 0 Å². The Balaban J connectivity index is 1.76. The normalized spacial score (nSPS) is 10.7. The van der Waals surface area contributed by atoms with E-state index in [0.717, 1.165) is 29.0 Å². The van der Waals surface area contributed by atoms with Crippen molar-refractivity contribution < 1.29 is 0 Å². The summed E-state index contributed by atoms with van der Waals surface area (Å²) < 4.78 is 0.955. The van der Waals surface area contributed by atoms with Gasteiger partial charge in [0.2, 0.25) is 0 Å². The van der Waals surface area contributed by atoms with Crippen molar-refractivity contribution >= 4 is 38.9 Å². The van der Waals surface area contributed by atoms with E-state index in [1.807, 2.05) is 23.5 Å². The summed E-state index contributed by atoms with van der Waals surface area (Å²) in [5.74, 6) is 0. The van der Waals surface area contributed by atoms with E-state index >= 15 is 0 Å². The lowest BCUT2D eigenvalue weighted by atomic mass is 10.2. The molecular formula is C13H13BrClNS. The van der Waals surface area contributed by atoms with Crippen LogP contribution in [0.1, 0.15) is 10.4 Å². The molecule has 0 spiro atoms. The Morgan fingerprint density at radius 2 is 2.18 bits per heavy atom. The fraction of sp³-hybridized carbons (Fsp3) is 0.231. The molecule has 1 N–H and O–H groups in total. The second-order valence-corrected chi connectivity index (χ2v) is 6.05. The Bertz CT molecular complexity index is 470. The molecule has 1 aromatic carbocycles. The van der Waals surface area contributed by atoms with Crippen molar-refractivity contribution in [3.63, 3.8) is 0 Å². The van der Waals surface area contributed by atoms with E-state index in [9.17, 15) is 0 Å². The number of hydrogen-bond acceptors (Lipinski definition) is 2. The van der Waals surface area contributed by atoms with Gasteiger partial charge in [0.1, 0.15) is 0 Å². The van der Waals surface area contributed by atoms with Gasteiger partial charge < -0.3 is 5.32 Å². The van der Waals surface area contributed by atoms with Crippen LogP contribution in [0.5, 0.6) is 0 Å². The molecule has 0 aliphatic carbocycles. The van der Waals surface area contributed by atoms with Crippen LogP contribution in [0.15, 0.2) is 40.2 Å². The third-order valence-corrected chi connectivity index (χ3v) is 4.59. The van der Waals surface area contributed by atoms with E-state index in [2.05, 4.69) is 44.8 Å². The van der Waals surface area contributed by atoms with Crippen LogP contribution in [0, 0.1) is 0 Å². The first-order chi connectivity index (χ1) is 8.25. The summed E-state index contributed by atoms with van der Waals surface area (Å²) in [7, 11) is 0. The van der Waals surface area contributed by atoms with Gasteiger partial charge in [-0.25, -0.2) is 0 Å². The highest BCUT2D eigenvalue weighted by molar-refractivity contribution is 9.10. The second-order valence-electron chi connectivity index (χ2n) is 3.75. The minimum absolute atomic E-state index is 0.757. The molecule has 90 valence electrons. The van der Waals surface area contributed by atoms with Crippen LogP contribution < -0.4 is 5.32 Å². The maximum absolute atomic E-state index is 5.94. The number of benzene rings is 1. The summed E-state index contributed by atoms with van der Waals surface area (Å²) in [6, 6.07) is 10.3. The third-order valence-electron chi connectivity index (χ3n) is 2.44. The first-order valence-corrected chi connectivity index (χ1v) is 7.48. The van der Waals surface area contributed by atoms with Gasteiger partial charge in [0.25, 0.3) is 0 Å². The van der Waals surface area contributed by atoms with Gasteiger partial charge in [-0.15, -0.1) is 11.3 Å². The molecule has 0 saturated carbocycles. The van der Waals surface area contributed by atoms with E-state index in [4.69, 9.17) is 11.6 Å². The molecule has 0 bridgehead atoms. The molecule has 17 heavy (non-hydrogen) atoms. The van der Waals surface area contributed by atoms with E-state index in [0.29, 0.717) is 0 Å². The highest BCUT2D eigenvalue weighted by Gasteiger charge is 1.99. The number of hydrogen-bond donors (Lipinski definition) is 1. The molecule has 0 atom stereocenters. The molecular weight excluding hydrogens is 318 g/mol. The zero-order valence-corrected chi connectivity index (χ0v) is 12.4. The smallest absolute Gasteiger partial charge is 0.0548 e. The molecule has 1 aromatic heterocycles. The van der Waals surface area contributed by atoms with E-state index in [-0.39, 0.29) is 0 Å². The lowest BCUT2D eigenvalue weighted by Crippen LogP contribution is -2.16. The summed E-state index contributed by atoms with van der Waals surface area (Å²) in [5.41, 5.74) is 1.24. The van der Waals surface area contributed by atoms with Gasteiger partial charge in [-0.2, -0.15) is 0 Å². The van der Waals surface area contributed by atoms with Crippen molar-refractivity contribution in [1.82, 2.24) is 5.32 Å². The lowest BCUT2D eigenvalue weighted by Gasteiger charge is -2.05. The molecule has 2 rings (SSSR count). The predicted octanol–water partition coefficient (Wildman–Crippen LogP) is 4.50. The van der Waals surface area contributed by atoms with Crippen molar-refractivity contribution in [3.8, 4) is 0 Å². The molecule has 1 nitrogen and oxygen atoms in total. The summed E-state index contributed by atoms with van der Waals surface area (Å²) in [6.45, 7) is 1.88. The minimum atomic E-state index is 0.757. The summed E-state index contributed by atoms with van der Waals surface area (Å²) in [6.07, 6.45) is 1.09. The Hall–Kier alpha value is -0.350. The van der Waals surface area contributed by atoms with Crippen molar-refractivity contribution in [2.75, 3.05) is 6.54 Å². The summed E-state index contributed by atoms with van der Waals surface area (Å²) >= 11 is 11.2. The van der Waals surface area contributed by atoms with Crippen molar-refractivity contribution in [3.05, 3.63) is 55.6 Å². The average Bonchev–Trinajstić information content (AvgIpc) is 2.82. The third kappa shape index (κ3) is 4.11. The minimum Gasteiger partial charge on any atom is -0.312 e. The fourth-order valence-corrected chi connectivity index (χ4v) is 2.80. The summed E-state index contributed by atoms with van der Waals surface area (Å²) in [4.78, 5) is 1.43. The number of halogens is 2. The zero-order valence-electron chi connectivity index (χ0n) is 9.25. The predicted molar refractivity (Wildman–Crippen MR) is 78.9 cm³/mol. The van der Waals surface area contributed by atoms with Crippen LogP contribution in [-0.4, -0.2) is 6.54 Å². The van der Waals surface area contributed by atoms with Gasteiger partial charge in [0, 0.05) is 22.4 Å². The highest BCUT2D eigenvalue weighted by Crippen LogP contribution is 2.23. The summed E-state index contributed by atoms with van der Waals surface area (Å²) in [5, 5.41) is 6.30. The van der Waals surface area contributed by atoms with E-state index < -0.39 is 0 Å². The first kappa shape index (κ1) is 13.1. The van der Waals surface area contributed by atoms with Crippen LogP contribution in [0.4, 0.5) is 0 Å². The number of thiophene rings is 1. The van der Waals surface area contributed by atoms with Gasteiger partial charge in [0.05, 0.1) is 5.02 Å². The molecule has 0 fully saturated rings. The van der Waals surface area contributed by atoms with Crippen LogP contribution in [-0.2, 0) is 13.0 Å². The number of nitrogens with one attached hydrogen (secondary N) is 1. The highest BCUT2D eigenvalue weighted by atomic mass is 79.9. The quantitative estimate of drug-likeness (QED) is 0.796. The SMILES string of the molecule is Clc1ccc(CNCCc2cccs2)cc1Br. The van der Waals surface area contributed by atoms with Gasteiger partial charge in [-0.3, -0.25) is 0 Å². The van der Waals surface area contributed by atoms with Crippen LogP contribution >= 0.6 is 38.9 Å². The average molecular weight is 331 g/mol. The van der Waals surface area contributed by atoms with Crippen LogP contribution in [0.2, 0.25) is 5.02 Å². The fourth-order valence-electron chi connectivity index (χ4n) is 1.55. The zero-order chi connectivity index (χ0) is 12.1. The van der Waals surface area contributed by atoms with Crippen LogP contribution in [0.25, 0.3) is 0 Å². The second kappa shape index (κ2) is 6.55. The molecule has 2 aromatic rings.